The van der Waals surface area contributed by atoms with E-state index >= 15 is 0 Å². The van der Waals surface area contributed by atoms with Crippen LogP contribution in [-0.4, -0.2) is 133 Å². The second kappa shape index (κ2) is 16.6. The first-order valence-corrected chi connectivity index (χ1v) is 18.4. The van der Waals surface area contributed by atoms with Crippen LogP contribution in [0.2, 0.25) is 0 Å². The van der Waals surface area contributed by atoms with E-state index < -0.39 is 35.6 Å². The molecule has 280 valence electrons. The third kappa shape index (κ3) is 8.23. The van der Waals surface area contributed by atoms with Gasteiger partial charge in [0.25, 0.3) is 23.6 Å². The molecule has 9 rings (SSSR count). The van der Waals surface area contributed by atoms with Crippen LogP contribution in [0.3, 0.4) is 0 Å². The summed E-state index contributed by atoms with van der Waals surface area (Å²) < 4.78 is 0. The Kier molecular flexibility index (Phi) is 11.8. The first kappa shape index (κ1) is 37.5. The van der Waals surface area contributed by atoms with Crippen LogP contribution in [0.1, 0.15) is 80.0 Å². The van der Waals surface area contributed by atoms with Crippen LogP contribution in [0.4, 0.5) is 0 Å². The molecule has 0 radical (unpaired) electrons. The monoisotopic (exact) mass is 725 g/mol. The summed E-state index contributed by atoms with van der Waals surface area (Å²) in [7, 11) is 3.84. The molecular formula is C39H47N7O7. The maximum Gasteiger partial charge on any atom is 0.261 e. The average molecular weight is 726 g/mol. The number of hydrogen-bond donors (Lipinski definition) is 3. The van der Waals surface area contributed by atoms with Gasteiger partial charge in [-0.2, -0.15) is 0 Å². The van der Waals surface area contributed by atoms with Gasteiger partial charge in [-0.15, -0.1) is 0 Å². The van der Waals surface area contributed by atoms with Crippen molar-refractivity contribution in [3.8, 4) is 0 Å². The lowest BCUT2D eigenvalue weighted by molar-refractivity contribution is -0.130. The van der Waals surface area contributed by atoms with E-state index in [-0.39, 0.29) is 43.7 Å². The second-order valence-electron chi connectivity index (χ2n) is 14.2. The lowest BCUT2D eigenvalue weighted by Crippen LogP contribution is -2.49. The summed E-state index contributed by atoms with van der Waals surface area (Å²) in [6.45, 7) is 3.63. The summed E-state index contributed by atoms with van der Waals surface area (Å²) in [4.78, 5) is 100.0. The minimum absolute atomic E-state index is 0.0620. The van der Waals surface area contributed by atoms with Gasteiger partial charge in [0, 0.05) is 65.6 Å². The van der Waals surface area contributed by atoms with Crippen LogP contribution in [0, 0.1) is 5.92 Å². The van der Waals surface area contributed by atoms with Gasteiger partial charge in [-0.05, 0) is 96.6 Å². The predicted octanol–water partition coefficient (Wildman–Crippen LogP) is 1.71. The molecule has 0 unspecified atom stereocenters. The summed E-state index contributed by atoms with van der Waals surface area (Å²) in [6.07, 6.45) is 9.55. The van der Waals surface area contributed by atoms with Gasteiger partial charge in [-0.1, -0.05) is 24.3 Å². The second-order valence-corrected chi connectivity index (χ2v) is 14.2. The molecule has 1 aliphatic carbocycles. The molecule has 53 heavy (non-hydrogen) atoms. The molecule has 14 nitrogen and oxygen atoms in total. The van der Waals surface area contributed by atoms with E-state index in [9.17, 15) is 33.6 Å². The maximum atomic E-state index is 13.7. The molecule has 0 saturated carbocycles. The van der Waals surface area contributed by atoms with Crippen molar-refractivity contribution < 1.29 is 33.6 Å². The number of carbonyl (C=O) groups is 7. The molecule has 14 heteroatoms. The molecule has 2 aromatic rings. The zero-order valence-corrected chi connectivity index (χ0v) is 30.3. The quantitative estimate of drug-likeness (QED) is 0.391. The highest BCUT2D eigenvalue weighted by molar-refractivity contribution is 6.33. The van der Waals surface area contributed by atoms with Crippen LogP contribution >= 0.6 is 0 Å². The number of amides is 7. The summed E-state index contributed by atoms with van der Waals surface area (Å²) in [6, 6.07) is 5.47. The van der Waals surface area contributed by atoms with Gasteiger partial charge in [0.15, 0.2) is 0 Å². The Bertz CT molecular complexity index is 1810. The molecule has 0 saturated heterocycles. The van der Waals surface area contributed by atoms with E-state index in [4.69, 9.17) is 0 Å². The molecule has 7 amide bonds. The fraction of sp³-hybridized carbons (Fsp3) is 0.462. The zero-order chi connectivity index (χ0) is 37.6. The van der Waals surface area contributed by atoms with E-state index in [1.165, 1.54) is 9.80 Å². The number of nitrogens with zero attached hydrogens (tertiary/aromatic N) is 4. The Morgan fingerprint density at radius 3 is 1.53 bits per heavy atom. The number of rotatable bonds is 2. The first-order valence-electron chi connectivity index (χ1n) is 18.4. The van der Waals surface area contributed by atoms with Gasteiger partial charge in [0.05, 0.1) is 5.92 Å². The normalized spacial score (nSPS) is 22.2. The number of imide groups is 2. The van der Waals surface area contributed by atoms with E-state index in [0.29, 0.717) is 98.0 Å². The highest BCUT2D eigenvalue weighted by atomic mass is 16.2. The number of hydrogen-bond acceptors (Lipinski definition) is 9. The van der Waals surface area contributed by atoms with Crippen LogP contribution in [-0.2, 0) is 14.4 Å². The number of nitrogens with one attached hydrogen (secondary N) is 3. The molecule has 3 N–H and O–H groups in total. The van der Waals surface area contributed by atoms with Gasteiger partial charge < -0.3 is 25.8 Å². The molecule has 0 fully saturated rings. The third-order valence-corrected chi connectivity index (χ3v) is 10.3. The lowest BCUT2D eigenvalue weighted by atomic mass is 9.86. The van der Waals surface area contributed by atoms with Gasteiger partial charge in [0.2, 0.25) is 17.7 Å². The summed E-state index contributed by atoms with van der Waals surface area (Å²) in [5.41, 5.74) is 1.20. The van der Waals surface area contributed by atoms with Crippen LogP contribution in [0.25, 0.3) is 10.8 Å². The van der Waals surface area contributed by atoms with Crippen molar-refractivity contribution in [1.29, 1.82) is 0 Å². The lowest BCUT2D eigenvalue weighted by Gasteiger charge is -2.32. The van der Waals surface area contributed by atoms with Crippen molar-refractivity contribution >= 4 is 52.1 Å². The van der Waals surface area contributed by atoms with Crippen molar-refractivity contribution in [3.05, 3.63) is 70.8 Å². The Labute approximate surface area is 308 Å². The highest BCUT2D eigenvalue weighted by Gasteiger charge is 2.39. The van der Waals surface area contributed by atoms with Crippen molar-refractivity contribution in [2.24, 2.45) is 5.92 Å². The number of fused-ring (bicyclic) bond motifs is 2. The summed E-state index contributed by atoms with van der Waals surface area (Å²) in [5, 5.41) is 9.33. The number of benzene rings is 2. The highest BCUT2D eigenvalue weighted by Crippen LogP contribution is 2.38. The fourth-order valence-electron chi connectivity index (χ4n) is 7.37. The SMILES string of the molecule is CN1CCCNC(=O)CC[C@@H](NC(=O)C2C=CC=C2)C(=O)NCCCN(C)CCCN2C(=O)c3ccc4c5c(ccc(c35)C2=O)C(=O)N(CCC1)C4=O. The summed E-state index contributed by atoms with van der Waals surface area (Å²) in [5.74, 6) is -3.14. The van der Waals surface area contributed by atoms with Gasteiger partial charge >= 0.3 is 0 Å². The Hall–Kier alpha value is -5.21. The van der Waals surface area contributed by atoms with Gasteiger partial charge in [-0.25, -0.2) is 0 Å². The van der Waals surface area contributed by atoms with Crippen LogP contribution < -0.4 is 16.0 Å². The molecule has 2 aromatic carbocycles. The minimum Gasteiger partial charge on any atom is -0.356 e. The maximum absolute atomic E-state index is 13.7. The van der Waals surface area contributed by atoms with Gasteiger partial charge in [-0.3, -0.25) is 43.4 Å². The molecule has 1 atom stereocenters. The van der Waals surface area contributed by atoms with Crippen molar-refractivity contribution in [1.82, 2.24) is 35.6 Å². The minimum atomic E-state index is -0.876. The van der Waals surface area contributed by atoms with Crippen LogP contribution in [0.5, 0.6) is 0 Å². The molecule has 8 bridgehead atoms. The van der Waals surface area contributed by atoms with Crippen molar-refractivity contribution in [2.45, 2.75) is 44.6 Å². The van der Waals surface area contributed by atoms with Crippen molar-refractivity contribution in [2.75, 3.05) is 66.5 Å². The van der Waals surface area contributed by atoms with E-state index in [2.05, 4.69) is 20.9 Å². The molecule has 0 aromatic heterocycles. The van der Waals surface area contributed by atoms with Gasteiger partial charge in [0.1, 0.15) is 6.04 Å². The molecule has 6 heterocycles. The molecule has 7 aliphatic rings. The first-order chi connectivity index (χ1) is 25.5. The zero-order valence-electron chi connectivity index (χ0n) is 30.3. The summed E-state index contributed by atoms with van der Waals surface area (Å²) >= 11 is 0. The molecule has 6 aliphatic heterocycles. The molecule has 0 spiro atoms. The van der Waals surface area contributed by atoms with Crippen molar-refractivity contribution in [3.63, 3.8) is 0 Å². The van der Waals surface area contributed by atoms with E-state index in [1.54, 1.807) is 48.6 Å². The Morgan fingerprint density at radius 1 is 0.623 bits per heavy atom. The fourth-order valence-corrected chi connectivity index (χ4v) is 7.37. The van der Waals surface area contributed by atoms with E-state index in [0.717, 1.165) is 0 Å². The van der Waals surface area contributed by atoms with E-state index in [1.807, 2.05) is 19.0 Å². The average Bonchev–Trinajstić information content (AvgIpc) is 3.69. The standard InChI is InChI=1S/C39H47N7O7/c1-43-19-5-17-40-31(47)16-15-30(42-34(48)25-9-3-4-10-25)35(49)41-18-6-20-44(2)22-8-24-46-38(52)28-13-11-26-32-27(12-14-29(33(28)32)39(46)53)37(51)45(36(26)50)23-7-21-43/h3-4,9-14,25,30H,5-8,15-24H2,1-2H3,(H,40,47)(H,41,49)(H,42,48)/t30-/m1/s1. The Balaban J connectivity index is 1.15. The number of allylic oxidation sites excluding steroid dienone is 2. The number of carbonyl (C=O) groups excluding carboxylic acids is 7. The Morgan fingerprint density at radius 2 is 1.06 bits per heavy atom. The molecular weight excluding hydrogens is 678 g/mol. The van der Waals surface area contributed by atoms with Crippen LogP contribution in [0.15, 0.2) is 48.6 Å². The smallest absolute Gasteiger partial charge is 0.261 e. The topological polar surface area (TPSA) is 169 Å². The third-order valence-electron chi connectivity index (χ3n) is 10.3. The predicted molar refractivity (Wildman–Crippen MR) is 197 cm³/mol. The largest absolute Gasteiger partial charge is 0.356 e.